The zero-order chi connectivity index (χ0) is 22.8. The first-order valence-corrected chi connectivity index (χ1v) is 10.1. The summed E-state index contributed by atoms with van der Waals surface area (Å²) < 4.78 is 16.0. The van der Waals surface area contributed by atoms with Gasteiger partial charge >= 0.3 is 17.6 Å². The Morgan fingerprint density at radius 2 is 1.27 bits per heavy atom. The van der Waals surface area contributed by atoms with Crippen molar-refractivity contribution in [2.24, 2.45) is 0 Å². The van der Waals surface area contributed by atoms with E-state index in [1.54, 1.807) is 30.3 Å². The van der Waals surface area contributed by atoms with Crippen LogP contribution in [-0.4, -0.2) is 11.9 Å². The van der Waals surface area contributed by atoms with Crippen LogP contribution in [0.2, 0.25) is 0 Å². The van der Waals surface area contributed by atoms with Crippen LogP contribution in [0.3, 0.4) is 0 Å². The molecule has 0 N–H and O–H groups in total. The summed E-state index contributed by atoms with van der Waals surface area (Å²) in [5, 5.41) is 2.50. The minimum Gasteiger partial charge on any atom is -0.423 e. The van der Waals surface area contributed by atoms with Crippen LogP contribution >= 0.6 is 0 Å². The number of para-hydroxylation sites is 1. The second kappa shape index (κ2) is 8.43. The Hall–Kier alpha value is -4.71. The topological polar surface area (TPSA) is 82.8 Å². The molecule has 0 amide bonds. The lowest BCUT2D eigenvalue weighted by atomic mass is 10.1. The molecule has 1 heterocycles. The summed E-state index contributed by atoms with van der Waals surface area (Å²) >= 11 is 0. The van der Waals surface area contributed by atoms with Crippen LogP contribution in [0.25, 0.3) is 21.7 Å². The van der Waals surface area contributed by atoms with Gasteiger partial charge in [-0.05, 0) is 53.2 Å². The molecule has 0 saturated carbocycles. The number of carbonyl (C=O) groups is 2. The number of ether oxygens (including phenoxy) is 2. The van der Waals surface area contributed by atoms with E-state index >= 15 is 0 Å². The maximum Gasteiger partial charge on any atom is 0.379 e. The van der Waals surface area contributed by atoms with Crippen molar-refractivity contribution < 1.29 is 23.5 Å². The number of benzene rings is 4. The lowest BCUT2D eigenvalue weighted by Crippen LogP contribution is -2.15. The molecule has 6 nitrogen and oxygen atoms in total. The third-order valence-corrected chi connectivity index (χ3v) is 5.12. The second-order valence-electron chi connectivity index (χ2n) is 7.27. The minimum absolute atomic E-state index is 0.170. The van der Waals surface area contributed by atoms with E-state index in [2.05, 4.69) is 0 Å². The number of fused-ring (bicyclic) bond motifs is 3. The molecule has 4 aromatic carbocycles. The van der Waals surface area contributed by atoms with Gasteiger partial charge in [-0.25, -0.2) is 14.4 Å². The highest BCUT2D eigenvalue weighted by molar-refractivity contribution is 6.06. The van der Waals surface area contributed by atoms with Crippen molar-refractivity contribution >= 4 is 33.7 Å². The molecule has 160 valence electrons. The monoisotopic (exact) mass is 436 g/mol. The molecule has 0 aliphatic heterocycles. The van der Waals surface area contributed by atoms with Crippen molar-refractivity contribution in [1.29, 1.82) is 0 Å². The normalized spacial score (nSPS) is 10.8. The number of carbonyl (C=O) groups excluding carboxylic acids is 2. The molecule has 0 unspecified atom stereocenters. The van der Waals surface area contributed by atoms with Gasteiger partial charge in [-0.15, -0.1) is 0 Å². The Morgan fingerprint density at radius 3 is 2.00 bits per heavy atom. The van der Waals surface area contributed by atoms with E-state index in [0.717, 1.165) is 10.8 Å². The van der Waals surface area contributed by atoms with Crippen LogP contribution in [0.1, 0.15) is 20.7 Å². The fraction of sp³-hybridized carbons (Fsp3) is 0. The van der Waals surface area contributed by atoms with Crippen molar-refractivity contribution in [2.75, 3.05) is 0 Å². The van der Waals surface area contributed by atoms with Crippen LogP contribution in [-0.2, 0) is 0 Å². The summed E-state index contributed by atoms with van der Waals surface area (Å²) in [7, 11) is 0. The molecule has 0 spiro atoms. The van der Waals surface area contributed by atoms with Gasteiger partial charge in [0.1, 0.15) is 11.3 Å². The molecule has 0 bridgehead atoms. The molecular formula is C27H16O6. The number of hydrogen-bond acceptors (Lipinski definition) is 6. The van der Waals surface area contributed by atoms with E-state index in [0.29, 0.717) is 16.7 Å². The summed E-state index contributed by atoms with van der Waals surface area (Å²) in [5.41, 5.74) is 0.0877. The van der Waals surface area contributed by atoms with Crippen molar-refractivity contribution in [2.45, 2.75) is 0 Å². The average Bonchev–Trinajstić information content (AvgIpc) is 2.85. The first kappa shape index (κ1) is 20.2. The predicted molar refractivity (Wildman–Crippen MR) is 123 cm³/mol. The van der Waals surface area contributed by atoms with Crippen LogP contribution in [0.4, 0.5) is 0 Å². The molecule has 1 aromatic heterocycles. The van der Waals surface area contributed by atoms with E-state index < -0.39 is 17.6 Å². The number of hydrogen-bond donors (Lipinski definition) is 0. The summed E-state index contributed by atoms with van der Waals surface area (Å²) in [6.45, 7) is 0. The highest BCUT2D eigenvalue weighted by Crippen LogP contribution is 2.27. The van der Waals surface area contributed by atoms with Gasteiger partial charge in [0.05, 0.1) is 11.1 Å². The van der Waals surface area contributed by atoms with Crippen LogP contribution < -0.4 is 15.1 Å². The molecule has 0 aliphatic rings. The fourth-order valence-electron chi connectivity index (χ4n) is 3.48. The quantitative estimate of drug-likeness (QED) is 0.163. The first-order chi connectivity index (χ1) is 16.1. The predicted octanol–water partition coefficient (Wildman–Crippen LogP) is 5.38. The van der Waals surface area contributed by atoms with Gasteiger partial charge in [0.25, 0.3) is 0 Å². The Bertz CT molecular complexity index is 1550. The molecule has 33 heavy (non-hydrogen) atoms. The Labute approximate surface area is 187 Å². The SMILES string of the molecule is O=C(Oc1ccccc1)c1ccc(C(=O)Oc2cc3c(ccc4ccccc43)oc2=O)cc1. The summed E-state index contributed by atoms with van der Waals surface area (Å²) in [6, 6.07) is 27.1. The van der Waals surface area contributed by atoms with Crippen LogP contribution in [0.15, 0.2) is 106 Å². The van der Waals surface area contributed by atoms with E-state index in [1.807, 2.05) is 36.4 Å². The van der Waals surface area contributed by atoms with Gasteiger partial charge in [0, 0.05) is 11.5 Å². The maximum absolute atomic E-state index is 12.6. The third kappa shape index (κ3) is 4.09. The Balaban J connectivity index is 1.38. The number of rotatable bonds is 4. The molecule has 6 heteroatoms. The molecule has 0 atom stereocenters. The summed E-state index contributed by atoms with van der Waals surface area (Å²) in [5.74, 6) is -1.09. The summed E-state index contributed by atoms with van der Waals surface area (Å²) in [4.78, 5) is 37.2. The Morgan fingerprint density at radius 1 is 0.636 bits per heavy atom. The van der Waals surface area contributed by atoms with Crippen molar-refractivity contribution in [3.8, 4) is 11.5 Å². The molecule has 0 radical (unpaired) electrons. The highest BCUT2D eigenvalue weighted by Gasteiger charge is 2.16. The smallest absolute Gasteiger partial charge is 0.379 e. The van der Waals surface area contributed by atoms with Crippen molar-refractivity contribution in [1.82, 2.24) is 0 Å². The number of esters is 2. The zero-order valence-corrected chi connectivity index (χ0v) is 17.2. The third-order valence-electron chi connectivity index (χ3n) is 5.12. The van der Waals surface area contributed by atoms with Gasteiger partial charge in [-0.1, -0.05) is 48.5 Å². The molecule has 0 aliphatic carbocycles. The minimum atomic E-state index is -0.755. The average molecular weight is 436 g/mol. The van der Waals surface area contributed by atoms with E-state index in [1.165, 1.54) is 30.3 Å². The second-order valence-corrected chi connectivity index (χ2v) is 7.27. The van der Waals surface area contributed by atoms with Gasteiger partial charge < -0.3 is 13.9 Å². The highest BCUT2D eigenvalue weighted by atomic mass is 16.5. The van der Waals surface area contributed by atoms with E-state index in [9.17, 15) is 14.4 Å². The van der Waals surface area contributed by atoms with Gasteiger partial charge in [-0.2, -0.15) is 0 Å². The van der Waals surface area contributed by atoms with Crippen LogP contribution in [0, 0.1) is 0 Å². The molecule has 0 saturated heterocycles. The Kier molecular flexibility index (Phi) is 5.16. The van der Waals surface area contributed by atoms with E-state index in [-0.39, 0.29) is 16.9 Å². The molecule has 5 rings (SSSR count). The van der Waals surface area contributed by atoms with Gasteiger partial charge in [0.2, 0.25) is 5.75 Å². The lowest BCUT2D eigenvalue weighted by Gasteiger charge is -2.07. The van der Waals surface area contributed by atoms with Crippen molar-refractivity contribution in [3.63, 3.8) is 0 Å². The van der Waals surface area contributed by atoms with Gasteiger partial charge in [-0.3, -0.25) is 0 Å². The maximum atomic E-state index is 12.6. The fourth-order valence-corrected chi connectivity index (χ4v) is 3.48. The van der Waals surface area contributed by atoms with E-state index in [4.69, 9.17) is 13.9 Å². The molecular weight excluding hydrogens is 420 g/mol. The lowest BCUT2D eigenvalue weighted by molar-refractivity contribution is 0.0717. The largest absolute Gasteiger partial charge is 0.423 e. The van der Waals surface area contributed by atoms with Crippen LogP contribution in [0.5, 0.6) is 11.5 Å². The molecule has 0 fully saturated rings. The molecule has 5 aromatic rings. The summed E-state index contributed by atoms with van der Waals surface area (Å²) in [6.07, 6.45) is 0. The van der Waals surface area contributed by atoms with Gasteiger partial charge in [0.15, 0.2) is 0 Å². The van der Waals surface area contributed by atoms with Crippen molar-refractivity contribution in [3.05, 3.63) is 119 Å². The standard InChI is InChI=1S/C27H16O6/c28-25(31-20-7-2-1-3-8-20)18-10-12-19(13-11-18)26(29)33-24-16-22-21-9-5-4-6-17(21)14-15-23(22)32-27(24)30/h1-16H. The first-order valence-electron chi connectivity index (χ1n) is 10.1. The zero-order valence-electron chi connectivity index (χ0n) is 17.2.